The zero-order valence-corrected chi connectivity index (χ0v) is 15.7. The molecule has 2 amide bonds. The summed E-state index contributed by atoms with van der Waals surface area (Å²) in [5, 5.41) is 2.54. The minimum absolute atomic E-state index is 0.0198. The van der Waals surface area contributed by atoms with Crippen LogP contribution in [0.15, 0.2) is 58.3 Å². The number of nitrogens with one attached hydrogen (secondary N) is 1. The SMILES string of the molecule is CN(C)S(=O)(=O)c1ccc(CN2C(=O)Nc3ccccc3S2(=O)=O)cc1. The van der Waals surface area contributed by atoms with Gasteiger partial charge in [0.2, 0.25) is 10.0 Å². The van der Waals surface area contributed by atoms with E-state index in [1.54, 1.807) is 12.1 Å². The van der Waals surface area contributed by atoms with E-state index in [1.165, 1.54) is 50.5 Å². The van der Waals surface area contributed by atoms with Gasteiger partial charge in [0.05, 0.1) is 17.1 Å². The van der Waals surface area contributed by atoms with E-state index in [9.17, 15) is 21.6 Å². The highest BCUT2D eigenvalue weighted by Gasteiger charge is 2.36. The largest absolute Gasteiger partial charge is 0.336 e. The zero-order chi connectivity index (χ0) is 19.1. The number of urea groups is 1. The molecular weight excluding hydrogens is 378 g/mol. The molecule has 2 aromatic rings. The summed E-state index contributed by atoms with van der Waals surface area (Å²) >= 11 is 0. The number of benzene rings is 2. The van der Waals surface area contributed by atoms with Gasteiger partial charge in [0, 0.05) is 14.1 Å². The Morgan fingerprint density at radius 3 is 2.27 bits per heavy atom. The molecule has 0 radical (unpaired) electrons. The molecule has 1 aliphatic rings. The van der Waals surface area contributed by atoms with Gasteiger partial charge in [-0.05, 0) is 29.8 Å². The van der Waals surface area contributed by atoms with Crippen LogP contribution in [-0.2, 0) is 26.6 Å². The highest BCUT2D eigenvalue weighted by atomic mass is 32.2. The molecule has 8 nitrogen and oxygen atoms in total. The van der Waals surface area contributed by atoms with Crippen molar-refractivity contribution in [1.82, 2.24) is 8.61 Å². The fourth-order valence-electron chi connectivity index (χ4n) is 2.50. The van der Waals surface area contributed by atoms with Crippen LogP contribution in [0, 0.1) is 0 Å². The highest BCUT2D eigenvalue weighted by Crippen LogP contribution is 2.30. The van der Waals surface area contributed by atoms with Crippen molar-refractivity contribution in [2.24, 2.45) is 0 Å². The number of rotatable bonds is 4. The van der Waals surface area contributed by atoms with Crippen molar-refractivity contribution in [3.8, 4) is 0 Å². The van der Waals surface area contributed by atoms with Gasteiger partial charge in [-0.3, -0.25) is 0 Å². The molecule has 0 saturated carbocycles. The number of fused-ring (bicyclic) bond motifs is 1. The van der Waals surface area contributed by atoms with E-state index in [0.29, 0.717) is 5.56 Å². The summed E-state index contributed by atoms with van der Waals surface area (Å²) in [6.45, 7) is -0.204. The molecule has 0 bridgehead atoms. The Hall–Kier alpha value is -2.43. The van der Waals surface area contributed by atoms with Crippen LogP contribution in [0.4, 0.5) is 10.5 Å². The molecule has 138 valence electrons. The van der Waals surface area contributed by atoms with Crippen molar-refractivity contribution in [2.75, 3.05) is 19.4 Å². The quantitative estimate of drug-likeness (QED) is 0.848. The molecule has 0 atom stereocenters. The second-order valence-electron chi connectivity index (χ2n) is 5.87. The van der Waals surface area contributed by atoms with Crippen molar-refractivity contribution >= 4 is 31.8 Å². The van der Waals surface area contributed by atoms with Crippen LogP contribution >= 0.6 is 0 Å². The first-order valence-electron chi connectivity index (χ1n) is 7.58. The van der Waals surface area contributed by atoms with Gasteiger partial charge in [0.25, 0.3) is 10.0 Å². The van der Waals surface area contributed by atoms with Gasteiger partial charge in [-0.1, -0.05) is 24.3 Å². The topological polar surface area (TPSA) is 104 Å². The first kappa shape index (κ1) is 18.4. The fourth-order valence-corrected chi connectivity index (χ4v) is 4.87. The number of anilines is 1. The summed E-state index contributed by atoms with van der Waals surface area (Å²) in [6.07, 6.45) is 0. The standard InChI is InChI=1S/C16H17N3O5S2/c1-18(2)25(21,22)13-9-7-12(8-10-13)11-19-16(20)17-14-5-3-4-6-15(14)26(19,23)24/h3-10H,11H2,1-2H3,(H,17,20). The maximum absolute atomic E-state index is 12.7. The zero-order valence-electron chi connectivity index (χ0n) is 14.1. The molecule has 0 saturated heterocycles. The summed E-state index contributed by atoms with van der Waals surface area (Å²) in [6, 6.07) is 11.1. The Labute approximate surface area is 152 Å². The number of hydrogen-bond donors (Lipinski definition) is 1. The van der Waals surface area contributed by atoms with Gasteiger partial charge < -0.3 is 5.32 Å². The van der Waals surface area contributed by atoms with Crippen LogP contribution in [0.2, 0.25) is 0 Å². The van der Waals surface area contributed by atoms with Crippen LogP contribution in [-0.4, -0.2) is 45.6 Å². The minimum atomic E-state index is -3.99. The number of sulfonamides is 2. The van der Waals surface area contributed by atoms with Crippen molar-refractivity contribution in [2.45, 2.75) is 16.3 Å². The molecule has 0 aromatic heterocycles. The van der Waals surface area contributed by atoms with Crippen molar-refractivity contribution < 1.29 is 21.6 Å². The van der Waals surface area contributed by atoms with E-state index in [2.05, 4.69) is 5.32 Å². The minimum Gasteiger partial charge on any atom is -0.306 e. The van der Waals surface area contributed by atoms with E-state index < -0.39 is 26.1 Å². The third-order valence-corrected chi connectivity index (χ3v) is 7.57. The summed E-state index contributed by atoms with van der Waals surface area (Å²) in [5.41, 5.74) is 0.724. The van der Waals surface area contributed by atoms with E-state index in [0.717, 1.165) is 8.61 Å². The van der Waals surface area contributed by atoms with Gasteiger partial charge in [0.1, 0.15) is 4.90 Å². The third kappa shape index (κ3) is 3.06. The van der Waals surface area contributed by atoms with Crippen LogP contribution in [0.1, 0.15) is 5.56 Å². The van der Waals surface area contributed by atoms with Crippen molar-refractivity contribution in [1.29, 1.82) is 0 Å². The number of carbonyl (C=O) groups is 1. The normalized spacial score (nSPS) is 16.3. The van der Waals surface area contributed by atoms with Gasteiger partial charge in [-0.25, -0.2) is 30.2 Å². The Balaban J connectivity index is 1.91. The molecular formula is C16H17N3O5S2. The average Bonchev–Trinajstić information content (AvgIpc) is 2.59. The average molecular weight is 395 g/mol. The second-order valence-corrected chi connectivity index (χ2v) is 9.85. The Bertz CT molecular complexity index is 1060. The summed E-state index contributed by atoms with van der Waals surface area (Å²) in [4.78, 5) is 12.3. The molecule has 10 heteroatoms. The smallest absolute Gasteiger partial charge is 0.306 e. The first-order chi connectivity index (χ1) is 12.1. The predicted octanol–water partition coefficient (Wildman–Crippen LogP) is 1.67. The second kappa shape index (κ2) is 6.38. The van der Waals surface area contributed by atoms with Gasteiger partial charge >= 0.3 is 6.03 Å². The molecule has 1 heterocycles. The maximum atomic E-state index is 12.7. The summed E-state index contributed by atoms with van der Waals surface area (Å²) in [5.74, 6) is 0. The van der Waals surface area contributed by atoms with E-state index >= 15 is 0 Å². The lowest BCUT2D eigenvalue weighted by molar-refractivity contribution is 0.233. The van der Waals surface area contributed by atoms with Crippen molar-refractivity contribution in [3.63, 3.8) is 0 Å². The maximum Gasteiger partial charge on any atom is 0.336 e. The number of para-hydroxylation sites is 1. The molecule has 2 aromatic carbocycles. The monoisotopic (exact) mass is 395 g/mol. The molecule has 0 spiro atoms. The van der Waals surface area contributed by atoms with E-state index in [1.807, 2.05) is 0 Å². The third-order valence-electron chi connectivity index (χ3n) is 3.95. The Morgan fingerprint density at radius 2 is 1.65 bits per heavy atom. The van der Waals surface area contributed by atoms with E-state index in [4.69, 9.17) is 0 Å². The molecule has 3 rings (SSSR count). The molecule has 0 unspecified atom stereocenters. The lowest BCUT2D eigenvalue weighted by atomic mass is 10.2. The fraction of sp³-hybridized carbons (Fsp3) is 0.188. The molecule has 1 N–H and O–H groups in total. The van der Waals surface area contributed by atoms with Crippen molar-refractivity contribution in [3.05, 3.63) is 54.1 Å². The predicted molar refractivity (Wildman–Crippen MR) is 95.5 cm³/mol. The van der Waals surface area contributed by atoms with Crippen LogP contribution in [0.5, 0.6) is 0 Å². The van der Waals surface area contributed by atoms with Crippen LogP contribution in [0.25, 0.3) is 0 Å². The summed E-state index contributed by atoms with van der Waals surface area (Å²) in [7, 11) is -4.72. The van der Waals surface area contributed by atoms with Crippen LogP contribution < -0.4 is 5.32 Å². The highest BCUT2D eigenvalue weighted by molar-refractivity contribution is 7.90. The van der Waals surface area contributed by atoms with Gasteiger partial charge in [-0.2, -0.15) is 0 Å². The molecule has 26 heavy (non-hydrogen) atoms. The Morgan fingerprint density at radius 1 is 1.04 bits per heavy atom. The number of carbonyl (C=O) groups excluding carboxylic acids is 1. The lowest BCUT2D eigenvalue weighted by Gasteiger charge is -2.28. The molecule has 1 aliphatic heterocycles. The number of hydrogen-bond acceptors (Lipinski definition) is 5. The number of amides is 2. The van der Waals surface area contributed by atoms with Crippen LogP contribution in [0.3, 0.4) is 0 Å². The van der Waals surface area contributed by atoms with Gasteiger partial charge in [-0.15, -0.1) is 0 Å². The van der Waals surface area contributed by atoms with E-state index in [-0.39, 0.29) is 22.0 Å². The first-order valence-corrected chi connectivity index (χ1v) is 10.5. The van der Waals surface area contributed by atoms with Gasteiger partial charge in [0.15, 0.2) is 0 Å². The number of nitrogens with zero attached hydrogens (tertiary/aromatic N) is 2. The summed E-state index contributed by atoms with van der Waals surface area (Å²) < 4.78 is 51.4. The Kier molecular flexibility index (Phi) is 4.51. The molecule has 0 fully saturated rings. The lowest BCUT2D eigenvalue weighted by Crippen LogP contribution is -2.43. The molecule has 0 aliphatic carbocycles.